The molecule has 4 nitrogen and oxygen atoms in total. The van der Waals surface area contributed by atoms with Gasteiger partial charge < -0.3 is 15.2 Å². The van der Waals surface area contributed by atoms with Crippen LogP contribution in [0, 0.1) is 0 Å². The Morgan fingerprint density at radius 3 is 2.56 bits per heavy atom. The van der Waals surface area contributed by atoms with E-state index in [4.69, 9.17) is 15.2 Å². The van der Waals surface area contributed by atoms with Crippen molar-refractivity contribution < 1.29 is 9.47 Å². The summed E-state index contributed by atoms with van der Waals surface area (Å²) in [5.74, 6) is 1.39. The molecule has 1 aromatic carbocycles. The number of hydrogen-bond acceptors (Lipinski definition) is 5. The minimum absolute atomic E-state index is 0.478. The third-order valence-electron chi connectivity index (χ3n) is 2.47. The van der Waals surface area contributed by atoms with Gasteiger partial charge in [0.2, 0.25) is 0 Å². The number of nitrogens with zero attached hydrogens (tertiary/aromatic N) is 1. The van der Waals surface area contributed by atoms with Gasteiger partial charge in [0, 0.05) is 12.1 Å². The molecule has 2 N–H and O–H groups in total. The Kier molecular flexibility index (Phi) is 4.21. The molecule has 1 heterocycles. The average molecular weight is 329 g/mol. The molecule has 1 aromatic heterocycles. The highest BCUT2D eigenvalue weighted by Gasteiger charge is 2.12. The van der Waals surface area contributed by atoms with Crippen molar-refractivity contribution in [1.82, 2.24) is 4.98 Å². The van der Waals surface area contributed by atoms with E-state index in [2.05, 4.69) is 20.9 Å². The third-order valence-corrected chi connectivity index (χ3v) is 4.51. The molecule has 0 amide bonds. The van der Waals surface area contributed by atoms with E-state index in [0.29, 0.717) is 18.0 Å². The number of benzene rings is 1. The predicted molar refractivity (Wildman–Crippen MR) is 76.2 cm³/mol. The van der Waals surface area contributed by atoms with Crippen LogP contribution in [0.5, 0.6) is 11.5 Å². The molecule has 0 radical (unpaired) electrons. The fraction of sp³-hybridized carbons (Fsp3) is 0.250. The molecule has 0 aliphatic carbocycles. The van der Waals surface area contributed by atoms with Crippen molar-refractivity contribution in [2.45, 2.75) is 6.54 Å². The molecular formula is C12H13BrN2O2S. The molecule has 96 valence electrons. The Bertz CT molecular complexity index is 557. The van der Waals surface area contributed by atoms with Crippen LogP contribution in [0.3, 0.4) is 0 Å². The maximum Gasteiger partial charge on any atom is 0.161 e. The maximum absolute atomic E-state index is 5.64. The quantitative estimate of drug-likeness (QED) is 0.937. The first kappa shape index (κ1) is 13.3. The van der Waals surface area contributed by atoms with Crippen molar-refractivity contribution in [3.05, 3.63) is 27.7 Å². The number of aromatic nitrogens is 1. The van der Waals surface area contributed by atoms with E-state index in [0.717, 1.165) is 20.1 Å². The van der Waals surface area contributed by atoms with Crippen LogP contribution < -0.4 is 15.2 Å². The van der Waals surface area contributed by atoms with Crippen LogP contribution in [-0.4, -0.2) is 19.2 Å². The lowest BCUT2D eigenvalue weighted by molar-refractivity contribution is 0.355. The zero-order chi connectivity index (χ0) is 13.1. The standard InChI is InChI=1S/C12H13BrN2O2S/c1-16-8-4-3-7(5-9(8)17-2)12-15-11(13)10(6-14)18-12/h3-5H,6,14H2,1-2H3. The number of halogens is 1. The fourth-order valence-corrected chi connectivity index (χ4v) is 3.08. The molecule has 6 heteroatoms. The fourth-order valence-electron chi connectivity index (χ4n) is 1.55. The number of rotatable bonds is 4. The zero-order valence-corrected chi connectivity index (χ0v) is 12.5. The van der Waals surface area contributed by atoms with Crippen molar-refractivity contribution in [3.63, 3.8) is 0 Å². The Morgan fingerprint density at radius 1 is 1.28 bits per heavy atom. The summed E-state index contributed by atoms with van der Waals surface area (Å²) < 4.78 is 11.3. The summed E-state index contributed by atoms with van der Waals surface area (Å²) in [6.45, 7) is 0.478. The van der Waals surface area contributed by atoms with Crippen LogP contribution >= 0.6 is 27.3 Å². The van der Waals surface area contributed by atoms with Gasteiger partial charge in [-0.2, -0.15) is 0 Å². The molecule has 2 aromatic rings. The van der Waals surface area contributed by atoms with Crippen LogP contribution in [0.25, 0.3) is 10.6 Å². The molecule has 0 aliphatic rings. The smallest absolute Gasteiger partial charge is 0.161 e. The first-order chi connectivity index (χ1) is 8.69. The largest absolute Gasteiger partial charge is 0.493 e. The van der Waals surface area contributed by atoms with Gasteiger partial charge in [-0.1, -0.05) is 0 Å². The van der Waals surface area contributed by atoms with Gasteiger partial charge in [0.25, 0.3) is 0 Å². The molecule has 0 saturated carbocycles. The molecule has 18 heavy (non-hydrogen) atoms. The molecule has 0 saturated heterocycles. The van der Waals surface area contributed by atoms with Gasteiger partial charge in [-0.05, 0) is 34.1 Å². The lowest BCUT2D eigenvalue weighted by atomic mass is 10.2. The second-order valence-corrected chi connectivity index (χ2v) is 5.34. The Morgan fingerprint density at radius 2 is 2.00 bits per heavy atom. The normalized spacial score (nSPS) is 10.4. The predicted octanol–water partition coefficient (Wildman–Crippen LogP) is 3.05. The second kappa shape index (κ2) is 5.69. The molecule has 0 aliphatic heterocycles. The Balaban J connectivity index is 2.44. The van der Waals surface area contributed by atoms with Crippen LogP contribution in [0.2, 0.25) is 0 Å². The van der Waals surface area contributed by atoms with Gasteiger partial charge in [0.05, 0.1) is 19.1 Å². The highest BCUT2D eigenvalue weighted by molar-refractivity contribution is 9.10. The lowest BCUT2D eigenvalue weighted by Crippen LogP contribution is -1.92. The van der Waals surface area contributed by atoms with Gasteiger partial charge in [-0.25, -0.2) is 4.98 Å². The van der Waals surface area contributed by atoms with Crippen molar-refractivity contribution in [2.24, 2.45) is 5.73 Å². The van der Waals surface area contributed by atoms with Crippen molar-refractivity contribution in [3.8, 4) is 22.1 Å². The van der Waals surface area contributed by atoms with Gasteiger partial charge in [-0.15, -0.1) is 11.3 Å². The van der Waals surface area contributed by atoms with E-state index in [1.807, 2.05) is 18.2 Å². The molecule has 0 bridgehead atoms. The average Bonchev–Trinajstić information content (AvgIpc) is 2.79. The van der Waals surface area contributed by atoms with Crippen molar-refractivity contribution in [1.29, 1.82) is 0 Å². The maximum atomic E-state index is 5.64. The highest BCUT2D eigenvalue weighted by Crippen LogP contribution is 2.36. The summed E-state index contributed by atoms with van der Waals surface area (Å²) in [4.78, 5) is 5.47. The van der Waals surface area contributed by atoms with E-state index < -0.39 is 0 Å². The van der Waals surface area contributed by atoms with E-state index in [-0.39, 0.29) is 0 Å². The first-order valence-electron chi connectivity index (χ1n) is 5.27. The lowest BCUT2D eigenvalue weighted by Gasteiger charge is -2.08. The molecular weight excluding hydrogens is 316 g/mol. The monoisotopic (exact) mass is 328 g/mol. The summed E-state index contributed by atoms with van der Waals surface area (Å²) in [6, 6.07) is 5.73. The summed E-state index contributed by atoms with van der Waals surface area (Å²) >= 11 is 4.97. The van der Waals surface area contributed by atoms with Crippen LogP contribution in [0.4, 0.5) is 0 Å². The molecule has 0 atom stereocenters. The van der Waals surface area contributed by atoms with E-state index in [9.17, 15) is 0 Å². The summed E-state index contributed by atoms with van der Waals surface area (Å²) in [7, 11) is 3.23. The number of ether oxygens (including phenoxy) is 2. The SMILES string of the molecule is COc1ccc(-c2nc(Br)c(CN)s2)cc1OC. The molecule has 0 unspecified atom stereocenters. The molecule has 2 rings (SSSR count). The summed E-state index contributed by atoms with van der Waals surface area (Å²) in [6.07, 6.45) is 0. The van der Waals surface area contributed by atoms with Crippen molar-refractivity contribution in [2.75, 3.05) is 14.2 Å². The Hall–Kier alpha value is -1.11. The number of hydrogen-bond donors (Lipinski definition) is 1. The highest BCUT2D eigenvalue weighted by atomic mass is 79.9. The summed E-state index contributed by atoms with van der Waals surface area (Å²) in [5, 5.41) is 0.906. The van der Waals surface area contributed by atoms with Gasteiger partial charge in [0.1, 0.15) is 9.61 Å². The van der Waals surface area contributed by atoms with Gasteiger partial charge in [0.15, 0.2) is 11.5 Å². The first-order valence-corrected chi connectivity index (χ1v) is 6.88. The zero-order valence-electron chi connectivity index (χ0n) is 10.1. The number of nitrogens with two attached hydrogens (primary N) is 1. The molecule has 0 fully saturated rings. The number of thiazole rings is 1. The van der Waals surface area contributed by atoms with Crippen molar-refractivity contribution >= 4 is 27.3 Å². The minimum Gasteiger partial charge on any atom is -0.493 e. The van der Waals surface area contributed by atoms with Crippen LogP contribution in [-0.2, 0) is 6.54 Å². The third kappa shape index (κ3) is 2.50. The molecule has 0 spiro atoms. The summed E-state index contributed by atoms with van der Waals surface area (Å²) in [5.41, 5.74) is 6.62. The second-order valence-electron chi connectivity index (χ2n) is 3.51. The van der Waals surface area contributed by atoms with Gasteiger partial charge in [-0.3, -0.25) is 0 Å². The van der Waals surface area contributed by atoms with Crippen LogP contribution in [0.1, 0.15) is 4.88 Å². The minimum atomic E-state index is 0.478. The van der Waals surface area contributed by atoms with Crippen LogP contribution in [0.15, 0.2) is 22.8 Å². The van der Waals surface area contributed by atoms with E-state index in [1.54, 1.807) is 25.6 Å². The number of methoxy groups -OCH3 is 2. The van der Waals surface area contributed by atoms with E-state index >= 15 is 0 Å². The van der Waals surface area contributed by atoms with Gasteiger partial charge >= 0.3 is 0 Å². The Labute approximate surface area is 118 Å². The topological polar surface area (TPSA) is 57.4 Å². The van der Waals surface area contributed by atoms with E-state index in [1.165, 1.54) is 0 Å².